The Morgan fingerprint density at radius 2 is 1.76 bits per heavy atom. The molecule has 9 nitrogen and oxygen atoms in total. The number of halogens is 1. The van der Waals surface area contributed by atoms with Crippen molar-refractivity contribution in [2.45, 2.75) is 45.2 Å². The molecule has 1 aliphatic rings. The number of hydrogen-bond acceptors (Lipinski definition) is 10. The monoisotopic (exact) mass is 643 g/mol. The highest BCUT2D eigenvalue weighted by Crippen LogP contribution is 2.46. The van der Waals surface area contributed by atoms with Crippen LogP contribution in [0.2, 0.25) is 0 Å². The van der Waals surface area contributed by atoms with Crippen LogP contribution in [0.4, 0.5) is 5.13 Å². The Balaban J connectivity index is 1.89. The molecule has 3 aromatic rings. The third-order valence-electron chi connectivity index (χ3n) is 7.07. The standard InChI is InChI=1S/C30H34BrN3O6S/c1-7-39-27(35)25-17(3)32-18(4)30(28(36)40-8-2,26(25)19-12-10-9-11-13-19)34-29-33-22(16-41-29)20-14-21(31)24(38-6)15-23(20)37-5/h9-16,18,26,32H,7-8H2,1-6H3,(H,33,34). The van der Waals surface area contributed by atoms with Crippen LogP contribution in [0.3, 0.4) is 0 Å². The van der Waals surface area contributed by atoms with E-state index in [2.05, 4.69) is 26.6 Å². The molecule has 3 unspecified atom stereocenters. The average Bonchev–Trinajstić information content (AvgIpc) is 3.42. The molecule has 0 aliphatic carbocycles. The molecule has 3 atom stereocenters. The van der Waals surface area contributed by atoms with Crippen molar-refractivity contribution in [3.8, 4) is 22.8 Å². The number of aromatic nitrogens is 1. The van der Waals surface area contributed by atoms with Gasteiger partial charge in [0.05, 0.1) is 55.1 Å². The minimum Gasteiger partial charge on any atom is -0.496 e. The van der Waals surface area contributed by atoms with Crippen LogP contribution in [0.25, 0.3) is 11.3 Å². The molecular weight excluding hydrogens is 610 g/mol. The van der Waals surface area contributed by atoms with Gasteiger partial charge in [-0.3, -0.25) is 0 Å². The summed E-state index contributed by atoms with van der Waals surface area (Å²) in [6.07, 6.45) is 0. The lowest BCUT2D eigenvalue weighted by molar-refractivity contribution is -0.151. The van der Waals surface area contributed by atoms with Crippen LogP contribution in [-0.4, -0.2) is 55.9 Å². The van der Waals surface area contributed by atoms with Gasteiger partial charge in [0.25, 0.3) is 0 Å². The Hall–Kier alpha value is -3.57. The van der Waals surface area contributed by atoms with Crippen molar-refractivity contribution < 1.29 is 28.5 Å². The summed E-state index contributed by atoms with van der Waals surface area (Å²) >= 11 is 4.88. The minimum atomic E-state index is -1.45. The van der Waals surface area contributed by atoms with E-state index in [9.17, 15) is 9.59 Å². The van der Waals surface area contributed by atoms with Crippen LogP contribution < -0.4 is 20.1 Å². The fourth-order valence-electron chi connectivity index (χ4n) is 5.23. The van der Waals surface area contributed by atoms with E-state index in [1.165, 1.54) is 11.3 Å². The Kier molecular flexibility index (Phi) is 9.60. The molecule has 0 saturated carbocycles. The maximum atomic E-state index is 14.1. The van der Waals surface area contributed by atoms with E-state index in [1.807, 2.05) is 55.6 Å². The number of methoxy groups -OCH3 is 2. The summed E-state index contributed by atoms with van der Waals surface area (Å²) in [5, 5.41) is 9.14. The van der Waals surface area contributed by atoms with Crippen molar-refractivity contribution in [1.82, 2.24) is 10.3 Å². The van der Waals surface area contributed by atoms with Gasteiger partial charge in [0.1, 0.15) is 11.5 Å². The van der Waals surface area contributed by atoms with Crippen LogP contribution in [0.15, 0.2) is 63.6 Å². The lowest BCUT2D eigenvalue weighted by Crippen LogP contribution is -2.66. The largest absolute Gasteiger partial charge is 0.496 e. The molecule has 2 N–H and O–H groups in total. The number of nitrogens with one attached hydrogen (secondary N) is 2. The van der Waals surface area contributed by atoms with E-state index in [1.54, 1.807) is 34.1 Å². The van der Waals surface area contributed by atoms with Gasteiger partial charge < -0.3 is 29.6 Å². The molecule has 2 heterocycles. The highest BCUT2D eigenvalue weighted by Gasteiger charge is 2.58. The van der Waals surface area contributed by atoms with Gasteiger partial charge >= 0.3 is 11.9 Å². The maximum Gasteiger partial charge on any atom is 0.336 e. The summed E-state index contributed by atoms with van der Waals surface area (Å²) in [6, 6.07) is 12.6. The van der Waals surface area contributed by atoms with Crippen molar-refractivity contribution in [3.05, 3.63) is 69.2 Å². The van der Waals surface area contributed by atoms with Gasteiger partial charge in [-0.05, 0) is 55.3 Å². The molecule has 0 radical (unpaired) electrons. The fourth-order valence-corrected chi connectivity index (χ4v) is 6.52. The third kappa shape index (κ3) is 5.78. The first-order valence-electron chi connectivity index (χ1n) is 13.2. The number of ether oxygens (including phenoxy) is 4. The number of allylic oxidation sites excluding steroid dienone is 1. The van der Waals surface area contributed by atoms with E-state index in [0.717, 1.165) is 15.6 Å². The minimum absolute atomic E-state index is 0.161. The lowest BCUT2D eigenvalue weighted by Gasteiger charge is -2.48. The average molecular weight is 645 g/mol. The summed E-state index contributed by atoms with van der Waals surface area (Å²) in [7, 11) is 3.17. The SMILES string of the molecule is CCOC(=O)C1=C(C)NC(C)C(Nc2nc(-c3cc(Br)c(OC)cc3OC)cs2)(C(=O)OCC)C1c1ccccc1. The van der Waals surface area contributed by atoms with Gasteiger partial charge in [0, 0.05) is 22.7 Å². The maximum absolute atomic E-state index is 14.1. The number of rotatable bonds is 10. The molecule has 0 spiro atoms. The normalized spacial score (nSPS) is 20.2. The molecule has 4 rings (SSSR count). The number of hydrogen-bond donors (Lipinski definition) is 2. The van der Waals surface area contributed by atoms with E-state index in [0.29, 0.717) is 33.6 Å². The van der Waals surface area contributed by atoms with Crippen molar-refractivity contribution in [2.75, 3.05) is 32.8 Å². The molecule has 0 fully saturated rings. The van der Waals surface area contributed by atoms with E-state index in [4.69, 9.17) is 23.9 Å². The van der Waals surface area contributed by atoms with Crippen molar-refractivity contribution in [3.63, 3.8) is 0 Å². The number of benzene rings is 2. The molecule has 0 amide bonds. The molecule has 1 aromatic heterocycles. The van der Waals surface area contributed by atoms with Gasteiger partial charge in [0.15, 0.2) is 10.7 Å². The van der Waals surface area contributed by atoms with Gasteiger partial charge in [0.2, 0.25) is 0 Å². The zero-order valence-corrected chi connectivity index (χ0v) is 26.3. The topological polar surface area (TPSA) is 108 Å². The summed E-state index contributed by atoms with van der Waals surface area (Å²) < 4.78 is 22.9. The molecular formula is C30H34BrN3O6S. The summed E-state index contributed by atoms with van der Waals surface area (Å²) in [6.45, 7) is 7.58. The first-order valence-corrected chi connectivity index (χ1v) is 14.9. The predicted molar refractivity (Wildman–Crippen MR) is 162 cm³/mol. The van der Waals surface area contributed by atoms with Gasteiger partial charge in [-0.25, -0.2) is 14.6 Å². The molecule has 0 saturated heterocycles. The molecule has 11 heteroatoms. The number of thiazole rings is 1. The van der Waals surface area contributed by atoms with Crippen LogP contribution in [0, 0.1) is 0 Å². The summed E-state index contributed by atoms with van der Waals surface area (Å²) in [5.74, 6) is -0.539. The number of esters is 2. The second kappa shape index (κ2) is 12.9. The van der Waals surface area contributed by atoms with Crippen molar-refractivity contribution in [1.29, 1.82) is 0 Å². The van der Waals surface area contributed by atoms with Crippen LogP contribution in [-0.2, 0) is 19.1 Å². The number of anilines is 1. The molecule has 1 aliphatic heterocycles. The summed E-state index contributed by atoms with van der Waals surface area (Å²) in [4.78, 5) is 32.4. The Labute approximate surface area is 252 Å². The van der Waals surface area contributed by atoms with E-state index in [-0.39, 0.29) is 13.2 Å². The zero-order valence-electron chi connectivity index (χ0n) is 23.9. The quantitative estimate of drug-likeness (QED) is 0.260. The lowest BCUT2D eigenvalue weighted by atomic mass is 9.68. The number of nitrogens with zero attached hydrogens (tertiary/aromatic N) is 1. The molecule has 2 aromatic carbocycles. The highest BCUT2D eigenvalue weighted by atomic mass is 79.9. The Bertz CT molecular complexity index is 1440. The third-order valence-corrected chi connectivity index (χ3v) is 8.45. The van der Waals surface area contributed by atoms with Gasteiger partial charge in [-0.2, -0.15) is 0 Å². The number of carbonyl (C=O) groups excluding carboxylic acids is 2. The van der Waals surface area contributed by atoms with Gasteiger partial charge in [-0.1, -0.05) is 30.3 Å². The summed E-state index contributed by atoms with van der Waals surface area (Å²) in [5.41, 5.74) is 1.70. The van der Waals surface area contributed by atoms with E-state index >= 15 is 0 Å². The van der Waals surface area contributed by atoms with Crippen molar-refractivity contribution >= 4 is 44.3 Å². The van der Waals surface area contributed by atoms with E-state index < -0.39 is 29.4 Å². The first kappa shape index (κ1) is 30.4. The Morgan fingerprint density at radius 1 is 1.07 bits per heavy atom. The predicted octanol–water partition coefficient (Wildman–Crippen LogP) is 5.92. The second-order valence-corrected chi connectivity index (χ2v) is 11.1. The van der Waals surface area contributed by atoms with Crippen LogP contribution >= 0.6 is 27.3 Å². The molecule has 0 bridgehead atoms. The second-order valence-electron chi connectivity index (χ2n) is 9.41. The number of carbonyl (C=O) groups is 2. The van der Waals surface area contributed by atoms with Crippen LogP contribution in [0.5, 0.6) is 11.5 Å². The van der Waals surface area contributed by atoms with Crippen molar-refractivity contribution in [2.24, 2.45) is 0 Å². The van der Waals surface area contributed by atoms with Crippen LogP contribution in [0.1, 0.15) is 39.2 Å². The first-order chi connectivity index (χ1) is 19.7. The Morgan fingerprint density at radius 3 is 2.39 bits per heavy atom. The highest BCUT2D eigenvalue weighted by molar-refractivity contribution is 9.10. The zero-order chi connectivity index (χ0) is 29.7. The fraction of sp³-hybridized carbons (Fsp3) is 0.367. The molecule has 41 heavy (non-hydrogen) atoms. The van der Waals surface area contributed by atoms with Gasteiger partial charge in [-0.15, -0.1) is 11.3 Å². The smallest absolute Gasteiger partial charge is 0.336 e. The molecule has 218 valence electrons.